The molecular formula is C16H22N4O4. The zero-order valence-electron chi connectivity index (χ0n) is 14.2. The lowest BCUT2D eigenvalue weighted by Gasteiger charge is -2.26. The fourth-order valence-corrected chi connectivity index (χ4v) is 1.78. The highest BCUT2D eigenvalue weighted by molar-refractivity contribution is 5.82. The number of amides is 1. The number of rotatable bonds is 6. The van der Waals surface area contributed by atoms with Crippen LogP contribution in [-0.4, -0.2) is 29.7 Å². The van der Waals surface area contributed by atoms with Gasteiger partial charge in [0.05, 0.1) is 6.04 Å². The third kappa shape index (κ3) is 7.02. The number of azide groups is 1. The minimum Gasteiger partial charge on any atom is -0.458 e. The van der Waals surface area contributed by atoms with E-state index in [1.165, 1.54) is 6.92 Å². The van der Waals surface area contributed by atoms with Gasteiger partial charge in [-0.2, -0.15) is 0 Å². The van der Waals surface area contributed by atoms with Crippen molar-refractivity contribution in [2.75, 3.05) is 0 Å². The minimum atomic E-state index is -1.14. The van der Waals surface area contributed by atoms with Crippen LogP contribution < -0.4 is 5.32 Å². The second-order valence-corrected chi connectivity index (χ2v) is 6.16. The van der Waals surface area contributed by atoms with E-state index in [4.69, 9.17) is 15.0 Å². The summed E-state index contributed by atoms with van der Waals surface area (Å²) in [5.74, 6) is -0.695. The van der Waals surface area contributed by atoms with Crippen LogP contribution in [0.15, 0.2) is 35.4 Å². The number of esters is 1. The SMILES string of the molecule is C[C@@H](N=[N+]=[N-])[C@H](NC(=O)OCc1ccccc1)C(=O)OC(C)(C)C. The molecule has 1 aromatic rings. The van der Waals surface area contributed by atoms with Gasteiger partial charge in [-0.15, -0.1) is 0 Å². The Morgan fingerprint density at radius 3 is 2.46 bits per heavy atom. The molecule has 130 valence electrons. The molecule has 0 fully saturated rings. The lowest BCUT2D eigenvalue weighted by Crippen LogP contribution is -2.49. The molecule has 0 aliphatic carbocycles. The molecule has 8 heteroatoms. The number of carbonyl (C=O) groups excluding carboxylic acids is 2. The normalized spacial score (nSPS) is 13.2. The van der Waals surface area contributed by atoms with Gasteiger partial charge < -0.3 is 14.8 Å². The molecule has 24 heavy (non-hydrogen) atoms. The number of carbonyl (C=O) groups is 2. The van der Waals surface area contributed by atoms with Crippen molar-refractivity contribution >= 4 is 12.1 Å². The molecule has 1 amide bonds. The van der Waals surface area contributed by atoms with E-state index in [1.54, 1.807) is 32.9 Å². The summed E-state index contributed by atoms with van der Waals surface area (Å²) in [5, 5.41) is 5.85. The van der Waals surface area contributed by atoms with Crippen LogP contribution in [0.5, 0.6) is 0 Å². The summed E-state index contributed by atoms with van der Waals surface area (Å²) in [5.41, 5.74) is 8.62. The van der Waals surface area contributed by atoms with Gasteiger partial charge in [-0.05, 0) is 31.9 Å². The molecule has 1 aromatic carbocycles. The van der Waals surface area contributed by atoms with Crippen LogP contribution in [0.25, 0.3) is 10.4 Å². The van der Waals surface area contributed by atoms with Crippen molar-refractivity contribution in [3.8, 4) is 0 Å². The van der Waals surface area contributed by atoms with Crippen LogP contribution in [0.2, 0.25) is 0 Å². The molecule has 0 bridgehead atoms. The Morgan fingerprint density at radius 1 is 1.29 bits per heavy atom. The molecule has 0 unspecified atom stereocenters. The maximum atomic E-state index is 12.2. The molecule has 0 aliphatic heterocycles. The molecular weight excluding hydrogens is 312 g/mol. The Hall–Kier alpha value is -2.73. The largest absolute Gasteiger partial charge is 0.458 e. The first-order chi connectivity index (χ1) is 11.2. The van der Waals surface area contributed by atoms with E-state index in [9.17, 15) is 9.59 Å². The van der Waals surface area contributed by atoms with Crippen molar-refractivity contribution in [3.63, 3.8) is 0 Å². The molecule has 0 aromatic heterocycles. The Morgan fingerprint density at radius 2 is 1.92 bits per heavy atom. The quantitative estimate of drug-likeness (QED) is 0.372. The molecule has 0 saturated carbocycles. The Bertz CT molecular complexity index is 606. The predicted octanol–water partition coefficient (Wildman–Crippen LogP) is 3.32. The van der Waals surface area contributed by atoms with Gasteiger partial charge in [-0.1, -0.05) is 42.4 Å². The number of nitrogens with zero attached hydrogens (tertiary/aromatic N) is 3. The molecule has 8 nitrogen and oxygen atoms in total. The molecule has 2 atom stereocenters. The van der Waals surface area contributed by atoms with Gasteiger partial charge in [0.25, 0.3) is 0 Å². The first kappa shape index (κ1) is 19.3. The zero-order chi connectivity index (χ0) is 18.2. The summed E-state index contributed by atoms with van der Waals surface area (Å²) < 4.78 is 10.3. The van der Waals surface area contributed by atoms with E-state index in [2.05, 4.69) is 15.3 Å². The average molecular weight is 334 g/mol. The molecule has 0 spiro atoms. The van der Waals surface area contributed by atoms with Crippen LogP contribution in [-0.2, 0) is 20.9 Å². The standard InChI is InChI=1S/C16H22N4O4/c1-11(19-20-17)13(14(21)24-16(2,3)4)18-15(22)23-10-12-8-6-5-7-9-12/h5-9,11,13H,10H2,1-4H3,(H,18,22)/t11-,13+/m1/s1. The van der Waals surface area contributed by atoms with Gasteiger partial charge in [0.2, 0.25) is 0 Å². The second kappa shape index (κ2) is 8.79. The fourth-order valence-electron chi connectivity index (χ4n) is 1.78. The Balaban J connectivity index is 2.71. The van der Waals surface area contributed by atoms with Crippen LogP contribution in [0.1, 0.15) is 33.3 Å². The number of hydrogen-bond donors (Lipinski definition) is 1. The third-order valence-electron chi connectivity index (χ3n) is 2.86. The van der Waals surface area contributed by atoms with Crippen molar-refractivity contribution in [1.29, 1.82) is 0 Å². The Labute approximate surface area is 140 Å². The van der Waals surface area contributed by atoms with E-state index < -0.39 is 29.7 Å². The van der Waals surface area contributed by atoms with Gasteiger partial charge in [0.15, 0.2) is 0 Å². The van der Waals surface area contributed by atoms with Crippen molar-refractivity contribution < 1.29 is 19.1 Å². The molecule has 0 radical (unpaired) electrons. The molecule has 1 N–H and O–H groups in total. The summed E-state index contributed by atoms with van der Waals surface area (Å²) in [6.07, 6.45) is -0.797. The van der Waals surface area contributed by atoms with Crippen molar-refractivity contribution in [3.05, 3.63) is 46.3 Å². The smallest absolute Gasteiger partial charge is 0.408 e. The van der Waals surface area contributed by atoms with Crippen LogP contribution in [0.4, 0.5) is 4.79 Å². The summed E-state index contributed by atoms with van der Waals surface area (Å²) in [4.78, 5) is 26.8. The number of alkyl carbamates (subject to hydrolysis) is 1. The zero-order valence-corrected chi connectivity index (χ0v) is 14.2. The Kier molecular flexibility index (Phi) is 7.07. The number of hydrogen-bond acceptors (Lipinski definition) is 5. The maximum Gasteiger partial charge on any atom is 0.408 e. The van der Waals surface area contributed by atoms with E-state index in [0.717, 1.165) is 5.56 Å². The molecule has 0 saturated heterocycles. The van der Waals surface area contributed by atoms with Crippen LogP contribution in [0.3, 0.4) is 0 Å². The van der Waals surface area contributed by atoms with Crippen LogP contribution >= 0.6 is 0 Å². The van der Waals surface area contributed by atoms with Crippen LogP contribution in [0, 0.1) is 0 Å². The summed E-state index contributed by atoms with van der Waals surface area (Å²) >= 11 is 0. The molecule has 0 heterocycles. The fraction of sp³-hybridized carbons (Fsp3) is 0.500. The second-order valence-electron chi connectivity index (χ2n) is 6.16. The highest BCUT2D eigenvalue weighted by Gasteiger charge is 2.31. The highest BCUT2D eigenvalue weighted by atomic mass is 16.6. The molecule has 1 rings (SSSR count). The van der Waals surface area contributed by atoms with Crippen molar-refractivity contribution in [2.45, 2.75) is 52.0 Å². The first-order valence-electron chi connectivity index (χ1n) is 7.47. The van der Waals surface area contributed by atoms with E-state index in [-0.39, 0.29) is 6.61 Å². The van der Waals surface area contributed by atoms with Gasteiger partial charge in [0, 0.05) is 4.91 Å². The monoisotopic (exact) mass is 334 g/mol. The van der Waals surface area contributed by atoms with Gasteiger partial charge in [-0.3, -0.25) is 0 Å². The maximum absolute atomic E-state index is 12.2. The summed E-state index contributed by atoms with van der Waals surface area (Å²) in [6, 6.07) is 7.15. The molecule has 0 aliphatic rings. The number of nitrogens with one attached hydrogen (secondary N) is 1. The minimum absolute atomic E-state index is 0.0591. The number of ether oxygens (including phenoxy) is 2. The van der Waals surface area contributed by atoms with Gasteiger partial charge >= 0.3 is 12.1 Å². The summed E-state index contributed by atoms with van der Waals surface area (Å²) in [6.45, 7) is 6.67. The van der Waals surface area contributed by atoms with Gasteiger partial charge in [0.1, 0.15) is 18.2 Å². The van der Waals surface area contributed by atoms with Crippen molar-refractivity contribution in [1.82, 2.24) is 5.32 Å². The average Bonchev–Trinajstić information content (AvgIpc) is 2.50. The van der Waals surface area contributed by atoms with E-state index in [1.807, 2.05) is 18.2 Å². The van der Waals surface area contributed by atoms with Gasteiger partial charge in [-0.25, -0.2) is 9.59 Å². The number of benzene rings is 1. The van der Waals surface area contributed by atoms with E-state index in [0.29, 0.717) is 0 Å². The summed E-state index contributed by atoms with van der Waals surface area (Å²) in [7, 11) is 0. The van der Waals surface area contributed by atoms with E-state index >= 15 is 0 Å². The topological polar surface area (TPSA) is 113 Å². The first-order valence-corrected chi connectivity index (χ1v) is 7.47. The highest BCUT2D eigenvalue weighted by Crippen LogP contribution is 2.12. The predicted molar refractivity (Wildman–Crippen MR) is 88.0 cm³/mol. The lowest BCUT2D eigenvalue weighted by atomic mass is 10.1. The van der Waals surface area contributed by atoms with Crippen molar-refractivity contribution in [2.24, 2.45) is 5.11 Å². The third-order valence-corrected chi connectivity index (χ3v) is 2.86. The lowest BCUT2D eigenvalue weighted by molar-refractivity contribution is -0.157.